The predicted molar refractivity (Wildman–Crippen MR) is 153 cm³/mol. The molecule has 0 bridgehead atoms. The van der Waals surface area contributed by atoms with Gasteiger partial charge in [-0.3, -0.25) is 5.01 Å². The van der Waals surface area contributed by atoms with Gasteiger partial charge in [0.25, 0.3) is 0 Å². The summed E-state index contributed by atoms with van der Waals surface area (Å²) in [5.74, 6) is 1.98. The van der Waals surface area contributed by atoms with E-state index < -0.39 is 0 Å². The Kier molecular flexibility index (Phi) is 7.36. The molecular formula is C32H32N4O2. The maximum atomic E-state index is 10.4. The molecule has 38 heavy (non-hydrogen) atoms. The van der Waals surface area contributed by atoms with Crippen LogP contribution in [0.1, 0.15) is 23.6 Å². The number of ether oxygens (including phenoxy) is 1. The first-order chi connectivity index (χ1) is 18.6. The van der Waals surface area contributed by atoms with Gasteiger partial charge in [-0.15, -0.1) is 5.73 Å². The highest BCUT2D eigenvalue weighted by atomic mass is 16.5. The van der Waals surface area contributed by atoms with Crippen molar-refractivity contribution in [3.63, 3.8) is 0 Å². The molecule has 0 atom stereocenters. The highest BCUT2D eigenvalue weighted by Gasteiger charge is 2.26. The largest absolute Gasteiger partial charge is 0.507 e. The van der Waals surface area contributed by atoms with Crippen molar-refractivity contribution in [1.29, 1.82) is 0 Å². The summed E-state index contributed by atoms with van der Waals surface area (Å²) in [6, 6.07) is 23.7. The lowest BCUT2D eigenvalue weighted by molar-refractivity contribution is 0.333. The molecule has 0 saturated heterocycles. The molecule has 6 heteroatoms. The summed E-state index contributed by atoms with van der Waals surface area (Å²) in [4.78, 5) is 0. The van der Waals surface area contributed by atoms with E-state index in [4.69, 9.17) is 4.74 Å². The van der Waals surface area contributed by atoms with Gasteiger partial charge in [-0.05, 0) is 59.5 Å². The molecule has 0 radical (unpaired) electrons. The van der Waals surface area contributed by atoms with Gasteiger partial charge in [0, 0.05) is 25.1 Å². The van der Waals surface area contributed by atoms with Crippen LogP contribution in [0.4, 0.5) is 5.69 Å². The number of benzene rings is 3. The fourth-order valence-corrected chi connectivity index (χ4v) is 4.68. The maximum absolute atomic E-state index is 10.4. The minimum absolute atomic E-state index is 0.271. The van der Waals surface area contributed by atoms with Crippen molar-refractivity contribution < 1.29 is 9.84 Å². The average Bonchev–Trinajstić information content (AvgIpc) is 3.32. The second-order valence-electron chi connectivity index (χ2n) is 9.31. The Morgan fingerprint density at radius 2 is 1.84 bits per heavy atom. The number of fused-ring (bicyclic) bond motifs is 1. The number of phenols is 1. The summed E-state index contributed by atoms with van der Waals surface area (Å²) in [5, 5.41) is 19.5. The Morgan fingerprint density at radius 3 is 2.66 bits per heavy atom. The van der Waals surface area contributed by atoms with Crippen LogP contribution in [-0.4, -0.2) is 23.8 Å². The summed E-state index contributed by atoms with van der Waals surface area (Å²) < 4.78 is 5.46. The van der Waals surface area contributed by atoms with Crippen molar-refractivity contribution in [2.75, 3.05) is 19.0 Å². The Morgan fingerprint density at radius 1 is 1.05 bits per heavy atom. The molecule has 0 saturated carbocycles. The predicted octanol–water partition coefficient (Wildman–Crippen LogP) is 5.85. The lowest BCUT2D eigenvalue weighted by Crippen LogP contribution is -2.38. The molecule has 4 N–H and O–H groups in total. The summed E-state index contributed by atoms with van der Waals surface area (Å²) in [5.41, 5.74) is 14.7. The minimum atomic E-state index is 0.271. The normalized spacial score (nSPS) is 14.3. The van der Waals surface area contributed by atoms with Crippen molar-refractivity contribution >= 4 is 11.3 Å². The number of para-hydroxylation sites is 3. The molecular weight excluding hydrogens is 472 g/mol. The first kappa shape index (κ1) is 25.0. The van der Waals surface area contributed by atoms with Crippen LogP contribution >= 0.6 is 0 Å². The molecule has 0 aromatic heterocycles. The molecule has 0 unspecified atom stereocenters. The van der Waals surface area contributed by atoms with Gasteiger partial charge in [-0.1, -0.05) is 61.2 Å². The van der Waals surface area contributed by atoms with Crippen LogP contribution in [0.2, 0.25) is 0 Å². The van der Waals surface area contributed by atoms with E-state index in [1.807, 2.05) is 42.5 Å². The van der Waals surface area contributed by atoms with Crippen LogP contribution in [0.15, 0.2) is 120 Å². The number of nitrogens with one attached hydrogen (secondary N) is 3. The van der Waals surface area contributed by atoms with Gasteiger partial charge in [0.2, 0.25) is 0 Å². The maximum Gasteiger partial charge on any atom is 0.142 e. The van der Waals surface area contributed by atoms with Gasteiger partial charge in [0.15, 0.2) is 0 Å². The molecule has 3 aromatic carbocycles. The lowest BCUT2D eigenvalue weighted by Gasteiger charge is -2.29. The number of nitrogens with zero attached hydrogens (tertiary/aromatic N) is 1. The molecule has 2 heterocycles. The molecule has 0 amide bonds. The Balaban J connectivity index is 1.31. The molecule has 2 aliphatic rings. The smallest absolute Gasteiger partial charge is 0.142 e. The van der Waals surface area contributed by atoms with Crippen LogP contribution in [0, 0.1) is 0 Å². The van der Waals surface area contributed by atoms with Crippen molar-refractivity contribution in [3.05, 3.63) is 137 Å². The number of hydrogen-bond donors (Lipinski definition) is 4. The van der Waals surface area contributed by atoms with E-state index in [0.717, 1.165) is 57.5 Å². The first-order valence-corrected chi connectivity index (χ1v) is 12.6. The average molecular weight is 505 g/mol. The number of methoxy groups -OCH3 is 1. The summed E-state index contributed by atoms with van der Waals surface area (Å²) in [7, 11) is 1.66. The summed E-state index contributed by atoms with van der Waals surface area (Å²) in [6.07, 6.45) is 4.86. The van der Waals surface area contributed by atoms with E-state index in [1.54, 1.807) is 13.2 Å². The number of aromatic hydroxyl groups is 1. The van der Waals surface area contributed by atoms with Crippen molar-refractivity contribution in [2.45, 2.75) is 19.9 Å². The van der Waals surface area contributed by atoms with Crippen LogP contribution in [0.5, 0.6) is 11.5 Å². The zero-order valence-electron chi connectivity index (χ0n) is 21.7. The molecule has 3 aromatic rings. The van der Waals surface area contributed by atoms with Crippen molar-refractivity contribution in [2.24, 2.45) is 0 Å². The molecule has 2 aliphatic heterocycles. The van der Waals surface area contributed by atoms with Crippen LogP contribution in [0.25, 0.3) is 5.57 Å². The fourth-order valence-electron chi connectivity index (χ4n) is 4.68. The monoisotopic (exact) mass is 504 g/mol. The third kappa shape index (κ3) is 5.37. The molecule has 6 nitrogen and oxygen atoms in total. The highest BCUT2D eigenvalue weighted by Crippen LogP contribution is 2.34. The zero-order chi connectivity index (χ0) is 26.5. The lowest BCUT2D eigenvalue weighted by atomic mass is 10.00. The van der Waals surface area contributed by atoms with E-state index >= 15 is 0 Å². The SMILES string of the molecule is C=C=C(Cc1cccc(CNC2=CC(c3ccccc3O)=CC3=C(C)CNN23)c1)Nc1ccccc1OC. The molecule has 192 valence electrons. The summed E-state index contributed by atoms with van der Waals surface area (Å²) in [6.45, 7) is 7.43. The van der Waals surface area contributed by atoms with Gasteiger partial charge in [0.1, 0.15) is 17.3 Å². The second-order valence-corrected chi connectivity index (χ2v) is 9.31. The van der Waals surface area contributed by atoms with Gasteiger partial charge in [0.05, 0.1) is 24.2 Å². The first-order valence-electron chi connectivity index (χ1n) is 12.6. The van der Waals surface area contributed by atoms with Crippen LogP contribution in [-0.2, 0) is 13.0 Å². The van der Waals surface area contributed by atoms with E-state index in [1.165, 1.54) is 5.57 Å². The third-order valence-electron chi connectivity index (χ3n) is 6.67. The van der Waals surface area contributed by atoms with E-state index in [0.29, 0.717) is 13.0 Å². The van der Waals surface area contributed by atoms with E-state index in [-0.39, 0.29) is 5.75 Å². The second kappa shape index (κ2) is 11.2. The number of anilines is 1. The number of hydrazine groups is 1. The zero-order valence-corrected chi connectivity index (χ0v) is 21.7. The number of phenolic OH excluding ortho intramolecular Hbond substituents is 1. The van der Waals surface area contributed by atoms with Crippen LogP contribution < -0.4 is 20.8 Å². The summed E-state index contributed by atoms with van der Waals surface area (Å²) >= 11 is 0. The topological polar surface area (TPSA) is 68.8 Å². The van der Waals surface area contributed by atoms with Crippen molar-refractivity contribution in [3.8, 4) is 11.5 Å². The highest BCUT2D eigenvalue weighted by molar-refractivity contribution is 5.81. The van der Waals surface area contributed by atoms with Gasteiger partial charge >= 0.3 is 0 Å². The van der Waals surface area contributed by atoms with E-state index in [9.17, 15) is 5.11 Å². The molecule has 0 aliphatic carbocycles. The van der Waals surface area contributed by atoms with Crippen LogP contribution in [0.3, 0.4) is 0 Å². The van der Waals surface area contributed by atoms with Gasteiger partial charge < -0.3 is 20.5 Å². The minimum Gasteiger partial charge on any atom is -0.507 e. The molecule has 0 spiro atoms. The van der Waals surface area contributed by atoms with Crippen molar-refractivity contribution in [1.82, 2.24) is 15.8 Å². The Hall–Kier alpha value is -4.64. The Labute approximate surface area is 223 Å². The third-order valence-corrected chi connectivity index (χ3v) is 6.67. The standard InChI is InChI=1S/C32H32N4O2/c1-4-26(35-28-13-6-8-15-31(28)38-3)17-23-10-9-11-24(16-23)21-33-32-19-25(27-12-5-7-14-30(27)37)18-29-22(2)20-34-36(29)32/h5-16,18-19,33-35,37H,1,17,20-21H2,2-3H3. The number of rotatable bonds is 9. The van der Waals surface area contributed by atoms with E-state index in [2.05, 4.69) is 76.7 Å². The number of hydrogen-bond acceptors (Lipinski definition) is 6. The van der Waals surface area contributed by atoms with Gasteiger partial charge in [-0.2, -0.15) is 0 Å². The van der Waals surface area contributed by atoms with Gasteiger partial charge in [-0.25, -0.2) is 5.43 Å². The quantitative estimate of drug-likeness (QED) is 0.274. The fraction of sp³-hybridized carbons (Fsp3) is 0.156. The molecule has 0 fully saturated rings. The number of allylic oxidation sites excluding steroid dienone is 4. The molecule has 5 rings (SSSR count). The Bertz CT molecular complexity index is 1490.